The topological polar surface area (TPSA) is 86.1 Å². The minimum atomic E-state index is -0.993. The Morgan fingerprint density at radius 2 is 1.65 bits per heavy atom. The summed E-state index contributed by atoms with van der Waals surface area (Å²) in [6.07, 6.45) is -0.993. The average molecular weight is 457 g/mol. The zero-order valence-electron chi connectivity index (χ0n) is 20.3. The van der Waals surface area contributed by atoms with Crippen molar-refractivity contribution in [3.8, 4) is 11.3 Å². The molecule has 0 bridgehead atoms. The van der Waals surface area contributed by atoms with E-state index in [1.54, 1.807) is 24.7 Å². The van der Waals surface area contributed by atoms with E-state index >= 15 is 0 Å². The van der Waals surface area contributed by atoms with E-state index in [2.05, 4.69) is 10.4 Å². The van der Waals surface area contributed by atoms with Crippen molar-refractivity contribution in [2.75, 3.05) is 5.32 Å². The van der Waals surface area contributed by atoms with Crippen molar-refractivity contribution in [1.29, 1.82) is 0 Å². The number of benzene rings is 2. The Kier molecular flexibility index (Phi) is 6.20. The number of aryl methyl sites for hydroxylation is 5. The summed E-state index contributed by atoms with van der Waals surface area (Å²) in [6, 6.07) is 15.3. The van der Waals surface area contributed by atoms with Crippen LogP contribution in [0.25, 0.3) is 22.3 Å². The first-order valence-corrected chi connectivity index (χ1v) is 11.1. The molecule has 7 nitrogen and oxygen atoms in total. The van der Waals surface area contributed by atoms with E-state index in [-0.39, 0.29) is 5.91 Å². The molecule has 4 rings (SSSR count). The molecule has 0 fully saturated rings. The number of hydrogen-bond donors (Lipinski definition) is 1. The predicted octanol–water partition coefficient (Wildman–Crippen LogP) is 5.05. The van der Waals surface area contributed by atoms with Gasteiger partial charge in [-0.15, -0.1) is 0 Å². The van der Waals surface area contributed by atoms with Crippen molar-refractivity contribution in [2.45, 2.75) is 40.7 Å². The Balaban J connectivity index is 1.64. The third kappa shape index (κ3) is 4.41. The minimum Gasteiger partial charge on any atom is -0.449 e. The molecule has 4 aromatic rings. The van der Waals surface area contributed by atoms with E-state index in [1.807, 2.05) is 70.2 Å². The van der Waals surface area contributed by atoms with Gasteiger partial charge in [0.05, 0.1) is 22.3 Å². The monoisotopic (exact) mass is 456 g/mol. The summed E-state index contributed by atoms with van der Waals surface area (Å²) in [7, 11) is 1.79. The molecule has 0 aliphatic carbocycles. The van der Waals surface area contributed by atoms with E-state index in [0.717, 1.165) is 27.9 Å². The van der Waals surface area contributed by atoms with Gasteiger partial charge in [-0.3, -0.25) is 9.48 Å². The zero-order valence-corrected chi connectivity index (χ0v) is 20.3. The summed E-state index contributed by atoms with van der Waals surface area (Å²) in [5.74, 6) is -0.986. The normalized spacial score (nSPS) is 11.9. The SMILES string of the molecule is Cc1cc(C)c(NC(=O)C(C)OC(=O)c2cc(-c3ccccc3)nc3c2c(C)nn3C)c(C)c1. The molecule has 1 amide bonds. The number of pyridine rings is 1. The van der Waals surface area contributed by atoms with Crippen LogP contribution >= 0.6 is 0 Å². The fourth-order valence-electron chi connectivity index (χ4n) is 4.24. The van der Waals surface area contributed by atoms with E-state index in [9.17, 15) is 9.59 Å². The first-order chi connectivity index (χ1) is 16.2. The number of fused-ring (bicyclic) bond motifs is 1. The second-order valence-electron chi connectivity index (χ2n) is 8.64. The smallest absolute Gasteiger partial charge is 0.339 e. The number of nitrogens with one attached hydrogen (secondary N) is 1. The third-order valence-electron chi connectivity index (χ3n) is 5.84. The summed E-state index contributed by atoms with van der Waals surface area (Å²) in [5, 5.41) is 7.95. The molecule has 0 aliphatic heterocycles. The summed E-state index contributed by atoms with van der Waals surface area (Å²) in [4.78, 5) is 30.9. The second-order valence-corrected chi connectivity index (χ2v) is 8.64. The number of ether oxygens (including phenoxy) is 1. The lowest BCUT2D eigenvalue weighted by atomic mass is 10.0. The molecule has 2 aromatic heterocycles. The van der Waals surface area contributed by atoms with Crippen molar-refractivity contribution in [1.82, 2.24) is 14.8 Å². The van der Waals surface area contributed by atoms with Crippen LogP contribution in [0.4, 0.5) is 5.69 Å². The molecule has 1 N–H and O–H groups in total. The molecule has 2 aromatic carbocycles. The number of esters is 1. The first kappa shape index (κ1) is 23.2. The van der Waals surface area contributed by atoms with Gasteiger partial charge in [0.2, 0.25) is 0 Å². The molecule has 0 radical (unpaired) electrons. The fraction of sp³-hybridized carbons (Fsp3) is 0.259. The number of hydrogen-bond acceptors (Lipinski definition) is 5. The maximum Gasteiger partial charge on any atom is 0.339 e. The molecule has 174 valence electrons. The minimum absolute atomic E-state index is 0.330. The van der Waals surface area contributed by atoms with Crippen molar-refractivity contribution in [2.24, 2.45) is 7.05 Å². The molecule has 0 spiro atoms. The maximum absolute atomic E-state index is 13.3. The molecule has 1 unspecified atom stereocenters. The van der Waals surface area contributed by atoms with Gasteiger partial charge < -0.3 is 10.1 Å². The standard InChI is InChI=1S/C27H28N4O3/c1-15-12-16(2)24(17(3)13-15)29-26(32)19(5)34-27(33)21-14-22(20-10-8-7-9-11-20)28-25-23(21)18(4)30-31(25)6/h7-14,19H,1-6H3,(H,29,32). The highest BCUT2D eigenvalue weighted by Crippen LogP contribution is 2.28. The summed E-state index contributed by atoms with van der Waals surface area (Å²) < 4.78 is 7.27. The number of carbonyl (C=O) groups is 2. The van der Waals surface area contributed by atoms with E-state index in [1.165, 1.54) is 0 Å². The highest BCUT2D eigenvalue weighted by Gasteiger charge is 2.25. The Morgan fingerprint density at radius 3 is 2.29 bits per heavy atom. The number of amides is 1. The van der Waals surface area contributed by atoms with Gasteiger partial charge in [0.15, 0.2) is 11.8 Å². The van der Waals surface area contributed by atoms with Crippen LogP contribution in [0.5, 0.6) is 0 Å². The van der Waals surface area contributed by atoms with Gasteiger partial charge in [-0.1, -0.05) is 48.0 Å². The number of anilines is 1. The molecular formula is C27H28N4O3. The van der Waals surface area contributed by atoms with Crippen LogP contribution in [0.1, 0.15) is 39.7 Å². The number of aromatic nitrogens is 3. The maximum atomic E-state index is 13.3. The quantitative estimate of drug-likeness (QED) is 0.425. The number of nitrogens with zero attached hydrogens (tertiary/aromatic N) is 3. The summed E-state index contributed by atoms with van der Waals surface area (Å²) >= 11 is 0. The van der Waals surface area contributed by atoms with Crippen LogP contribution in [0.3, 0.4) is 0 Å². The largest absolute Gasteiger partial charge is 0.449 e. The number of carbonyl (C=O) groups excluding carboxylic acids is 2. The molecule has 34 heavy (non-hydrogen) atoms. The highest BCUT2D eigenvalue weighted by molar-refractivity contribution is 6.06. The van der Waals surface area contributed by atoms with Crippen molar-refractivity contribution < 1.29 is 14.3 Å². The van der Waals surface area contributed by atoms with Gasteiger partial charge in [-0.25, -0.2) is 9.78 Å². The Hall–Kier alpha value is -4.00. The van der Waals surface area contributed by atoms with E-state index < -0.39 is 12.1 Å². The average Bonchev–Trinajstić information content (AvgIpc) is 3.09. The van der Waals surface area contributed by atoms with Crippen LogP contribution in [0.2, 0.25) is 0 Å². The predicted molar refractivity (Wildman–Crippen MR) is 133 cm³/mol. The first-order valence-electron chi connectivity index (χ1n) is 11.1. The van der Waals surface area contributed by atoms with E-state index in [0.29, 0.717) is 28.0 Å². The van der Waals surface area contributed by atoms with Crippen molar-refractivity contribution in [3.05, 3.63) is 76.5 Å². The second kappa shape index (κ2) is 9.09. The Labute approximate surface area is 198 Å². The zero-order chi connectivity index (χ0) is 24.6. The molecule has 0 aliphatic rings. The van der Waals surface area contributed by atoms with Crippen LogP contribution in [0, 0.1) is 27.7 Å². The lowest BCUT2D eigenvalue weighted by Gasteiger charge is -2.17. The van der Waals surface area contributed by atoms with Gasteiger partial charge in [0, 0.05) is 18.3 Å². The molecule has 7 heteroatoms. The van der Waals surface area contributed by atoms with E-state index in [4.69, 9.17) is 9.72 Å². The van der Waals surface area contributed by atoms with Crippen LogP contribution in [0.15, 0.2) is 48.5 Å². The third-order valence-corrected chi connectivity index (χ3v) is 5.84. The lowest BCUT2D eigenvalue weighted by molar-refractivity contribution is -0.123. The molecule has 1 atom stereocenters. The highest BCUT2D eigenvalue weighted by atomic mass is 16.5. The van der Waals surface area contributed by atoms with Gasteiger partial charge >= 0.3 is 5.97 Å². The van der Waals surface area contributed by atoms with Crippen molar-refractivity contribution in [3.63, 3.8) is 0 Å². The van der Waals surface area contributed by atoms with Gasteiger partial charge in [0.1, 0.15) is 0 Å². The lowest BCUT2D eigenvalue weighted by Crippen LogP contribution is -2.30. The number of rotatable bonds is 5. The van der Waals surface area contributed by atoms with Crippen LogP contribution < -0.4 is 5.32 Å². The van der Waals surface area contributed by atoms with Gasteiger partial charge in [-0.2, -0.15) is 5.10 Å². The van der Waals surface area contributed by atoms with Crippen LogP contribution in [-0.4, -0.2) is 32.7 Å². The fourth-order valence-corrected chi connectivity index (χ4v) is 4.24. The van der Waals surface area contributed by atoms with Crippen molar-refractivity contribution >= 4 is 28.6 Å². The van der Waals surface area contributed by atoms with Gasteiger partial charge in [0.25, 0.3) is 5.91 Å². The summed E-state index contributed by atoms with van der Waals surface area (Å²) in [5.41, 5.74) is 6.84. The molecular weight excluding hydrogens is 428 g/mol. The van der Waals surface area contributed by atoms with Gasteiger partial charge in [-0.05, 0) is 51.8 Å². The molecule has 0 saturated heterocycles. The summed E-state index contributed by atoms with van der Waals surface area (Å²) in [6.45, 7) is 9.28. The van der Waals surface area contributed by atoms with Crippen LogP contribution in [-0.2, 0) is 16.6 Å². The Bertz CT molecular complexity index is 1380. The molecule has 0 saturated carbocycles. The molecule has 2 heterocycles. The Morgan fingerprint density at radius 1 is 1.00 bits per heavy atom.